The van der Waals surface area contributed by atoms with Crippen molar-refractivity contribution in [2.45, 2.75) is 70.1 Å². The average molecular weight is 376 g/mol. The smallest absolute Gasteiger partial charge is 0.303 e. The van der Waals surface area contributed by atoms with Gasteiger partial charge in [0.15, 0.2) is 11.6 Å². The van der Waals surface area contributed by atoms with Crippen LogP contribution in [-0.2, 0) is 4.79 Å². The highest BCUT2D eigenvalue weighted by molar-refractivity contribution is 5.66. The first kappa shape index (κ1) is 20.0. The maximum atomic E-state index is 13.5. The lowest BCUT2D eigenvalue weighted by Gasteiger charge is -2.37. The fourth-order valence-corrected chi connectivity index (χ4v) is 4.99. The molecule has 0 aromatic heterocycles. The van der Waals surface area contributed by atoms with Crippen molar-refractivity contribution in [1.29, 1.82) is 0 Å². The molecular formula is C23H30F2O2. The van der Waals surface area contributed by atoms with E-state index in [4.69, 9.17) is 5.11 Å². The molecule has 0 spiro atoms. The quantitative estimate of drug-likeness (QED) is 0.578. The molecule has 0 atom stereocenters. The van der Waals surface area contributed by atoms with E-state index < -0.39 is 17.6 Å². The minimum Gasteiger partial charge on any atom is -0.481 e. The molecule has 0 bridgehead atoms. The van der Waals surface area contributed by atoms with Crippen molar-refractivity contribution >= 4 is 5.97 Å². The normalized spacial score (nSPS) is 29.1. The summed E-state index contributed by atoms with van der Waals surface area (Å²) in [6.45, 7) is 0. The molecule has 2 aliphatic carbocycles. The lowest BCUT2D eigenvalue weighted by atomic mass is 9.68. The molecule has 1 aromatic rings. The van der Waals surface area contributed by atoms with E-state index in [1.807, 2.05) is 6.08 Å². The molecule has 0 aliphatic heterocycles. The Bertz CT molecular complexity index is 654. The van der Waals surface area contributed by atoms with Crippen molar-refractivity contribution in [3.8, 4) is 0 Å². The lowest BCUT2D eigenvalue weighted by Crippen LogP contribution is -2.25. The number of halogens is 2. The summed E-state index contributed by atoms with van der Waals surface area (Å²) in [6, 6.07) is 4.37. The van der Waals surface area contributed by atoms with Crippen LogP contribution in [0.2, 0.25) is 0 Å². The second-order valence-electron chi connectivity index (χ2n) is 8.32. The van der Waals surface area contributed by atoms with Crippen LogP contribution in [0.3, 0.4) is 0 Å². The van der Waals surface area contributed by atoms with Gasteiger partial charge in [0.2, 0.25) is 0 Å². The summed E-state index contributed by atoms with van der Waals surface area (Å²) >= 11 is 0. The van der Waals surface area contributed by atoms with Gasteiger partial charge < -0.3 is 5.11 Å². The van der Waals surface area contributed by atoms with Crippen molar-refractivity contribution in [2.75, 3.05) is 0 Å². The van der Waals surface area contributed by atoms with Crippen LogP contribution >= 0.6 is 0 Å². The summed E-state index contributed by atoms with van der Waals surface area (Å²) in [5, 5.41) is 8.68. The van der Waals surface area contributed by atoms with Gasteiger partial charge in [-0.25, -0.2) is 8.78 Å². The van der Waals surface area contributed by atoms with Crippen LogP contribution in [-0.4, -0.2) is 11.1 Å². The molecule has 1 N–H and O–H groups in total. The number of rotatable bonds is 6. The summed E-state index contributed by atoms with van der Waals surface area (Å²) in [5.74, 6) is 0.300. The van der Waals surface area contributed by atoms with Crippen LogP contribution in [0.25, 0.3) is 0 Å². The molecule has 0 radical (unpaired) electrons. The number of hydrogen-bond acceptors (Lipinski definition) is 1. The predicted molar refractivity (Wildman–Crippen MR) is 103 cm³/mol. The minimum absolute atomic E-state index is 0.215. The topological polar surface area (TPSA) is 37.3 Å². The van der Waals surface area contributed by atoms with Crippen LogP contribution in [0.15, 0.2) is 30.4 Å². The number of allylic oxidation sites excluding steroid dienone is 2. The molecule has 2 fully saturated rings. The molecule has 2 saturated carbocycles. The molecule has 2 aliphatic rings. The molecule has 27 heavy (non-hydrogen) atoms. The van der Waals surface area contributed by atoms with Crippen LogP contribution < -0.4 is 0 Å². The third-order valence-electron chi connectivity index (χ3n) is 6.60. The van der Waals surface area contributed by atoms with Crippen LogP contribution in [0.1, 0.15) is 75.7 Å². The number of benzene rings is 1. The second kappa shape index (κ2) is 9.48. The molecule has 4 heteroatoms. The Labute approximate surface area is 160 Å². The molecule has 2 nitrogen and oxygen atoms in total. The highest BCUT2D eigenvalue weighted by Gasteiger charge is 2.31. The van der Waals surface area contributed by atoms with Gasteiger partial charge in [-0.15, -0.1) is 0 Å². The Morgan fingerprint density at radius 1 is 0.963 bits per heavy atom. The fourth-order valence-electron chi connectivity index (χ4n) is 4.99. The molecule has 0 amide bonds. The Morgan fingerprint density at radius 3 is 2.19 bits per heavy atom. The van der Waals surface area contributed by atoms with E-state index >= 15 is 0 Å². The number of carboxylic acids is 1. The van der Waals surface area contributed by atoms with E-state index in [9.17, 15) is 13.6 Å². The average Bonchev–Trinajstić information content (AvgIpc) is 2.68. The van der Waals surface area contributed by atoms with Gasteiger partial charge in [0.05, 0.1) is 0 Å². The Kier molecular flexibility index (Phi) is 7.03. The molecule has 3 rings (SSSR count). The largest absolute Gasteiger partial charge is 0.481 e. The van der Waals surface area contributed by atoms with Crippen molar-refractivity contribution < 1.29 is 18.7 Å². The number of carboxylic acid groups (broad SMARTS) is 1. The SMILES string of the molecule is O=C(O)CCC=C[C@H]1CC[C@H]([C@H]2CC[C@H](c3ccc(F)c(F)c3)CC2)CC1. The third-order valence-corrected chi connectivity index (χ3v) is 6.60. The zero-order valence-corrected chi connectivity index (χ0v) is 15.9. The van der Waals surface area contributed by atoms with E-state index in [-0.39, 0.29) is 6.42 Å². The lowest BCUT2D eigenvalue weighted by molar-refractivity contribution is -0.136. The van der Waals surface area contributed by atoms with Crippen molar-refractivity contribution in [3.63, 3.8) is 0 Å². The first-order chi connectivity index (χ1) is 13.0. The predicted octanol–water partition coefficient (Wildman–Crippen LogP) is 6.47. The van der Waals surface area contributed by atoms with E-state index in [1.54, 1.807) is 6.07 Å². The Morgan fingerprint density at radius 2 is 1.59 bits per heavy atom. The molecular weight excluding hydrogens is 346 g/mol. The van der Waals surface area contributed by atoms with Gasteiger partial charge in [-0.05, 0) is 99.2 Å². The summed E-state index contributed by atoms with van der Waals surface area (Å²) in [6.07, 6.45) is 14.6. The van der Waals surface area contributed by atoms with E-state index in [0.717, 1.165) is 30.2 Å². The molecule has 0 saturated heterocycles. The highest BCUT2D eigenvalue weighted by atomic mass is 19.2. The van der Waals surface area contributed by atoms with Crippen molar-refractivity contribution in [1.82, 2.24) is 0 Å². The van der Waals surface area contributed by atoms with Gasteiger partial charge in [0.25, 0.3) is 0 Å². The third kappa shape index (κ3) is 5.63. The number of carbonyl (C=O) groups is 1. The van der Waals surface area contributed by atoms with Gasteiger partial charge in [-0.3, -0.25) is 4.79 Å². The van der Waals surface area contributed by atoms with E-state index in [0.29, 0.717) is 18.3 Å². The summed E-state index contributed by atoms with van der Waals surface area (Å²) in [5.41, 5.74) is 0.947. The number of hydrogen-bond donors (Lipinski definition) is 1. The summed E-state index contributed by atoms with van der Waals surface area (Å²) < 4.78 is 26.6. The maximum Gasteiger partial charge on any atom is 0.303 e. The standard InChI is InChI=1S/C23H30F2O2/c24-21-14-13-20(15-22(21)25)19-11-9-18(10-12-19)17-7-5-16(6-8-17)3-1-2-4-23(26)27/h1,3,13-19H,2,4-12H2,(H,26,27)/t16-,17-,18-,19-. The summed E-state index contributed by atoms with van der Waals surface area (Å²) in [7, 11) is 0. The van der Waals surface area contributed by atoms with Gasteiger partial charge >= 0.3 is 5.97 Å². The van der Waals surface area contributed by atoms with Gasteiger partial charge in [0, 0.05) is 6.42 Å². The molecule has 0 unspecified atom stereocenters. The Hall–Kier alpha value is -1.71. The monoisotopic (exact) mass is 376 g/mol. The van der Waals surface area contributed by atoms with Crippen molar-refractivity contribution in [3.05, 3.63) is 47.5 Å². The van der Waals surface area contributed by atoms with Crippen LogP contribution in [0.5, 0.6) is 0 Å². The van der Waals surface area contributed by atoms with Gasteiger partial charge in [-0.2, -0.15) is 0 Å². The highest BCUT2D eigenvalue weighted by Crippen LogP contribution is 2.44. The molecule has 1 aromatic carbocycles. The zero-order chi connectivity index (χ0) is 19.2. The van der Waals surface area contributed by atoms with Gasteiger partial charge in [0.1, 0.15) is 0 Å². The van der Waals surface area contributed by atoms with E-state index in [1.165, 1.54) is 50.7 Å². The number of aliphatic carboxylic acids is 1. The first-order valence-electron chi connectivity index (χ1n) is 10.4. The summed E-state index contributed by atoms with van der Waals surface area (Å²) in [4.78, 5) is 10.5. The fraction of sp³-hybridized carbons (Fsp3) is 0.609. The van der Waals surface area contributed by atoms with Gasteiger partial charge in [-0.1, -0.05) is 18.2 Å². The first-order valence-corrected chi connectivity index (χ1v) is 10.4. The van der Waals surface area contributed by atoms with E-state index in [2.05, 4.69) is 6.08 Å². The van der Waals surface area contributed by atoms with Crippen LogP contribution in [0.4, 0.5) is 8.78 Å². The molecule has 0 heterocycles. The van der Waals surface area contributed by atoms with Crippen molar-refractivity contribution in [2.24, 2.45) is 17.8 Å². The zero-order valence-electron chi connectivity index (χ0n) is 15.9. The van der Waals surface area contributed by atoms with Crippen LogP contribution in [0, 0.1) is 29.4 Å². The maximum absolute atomic E-state index is 13.5. The second-order valence-corrected chi connectivity index (χ2v) is 8.32. The molecule has 148 valence electrons. The minimum atomic E-state index is -0.763. The Balaban J connectivity index is 1.41.